The van der Waals surface area contributed by atoms with Crippen molar-refractivity contribution in [2.45, 2.75) is 45.0 Å². The van der Waals surface area contributed by atoms with Crippen LogP contribution >= 0.6 is 11.8 Å². The highest BCUT2D eigenvalue weighted by atomic mass is 32.2. The first-order chi connectivity index (χ1) is 8.69. The molecule has 0 aliphatic carbocycles. The molecule has 1 fully saturated rings. The Kier molecular flexibility index (Phi) is 4.88. The number of nitrogens with zero attached hydrogens (tertiary/aromatic N) is 3. The summed E-state index contributed by atoms with van der Waals surface area (Å²) < 4.78 is 5.70. The van der Waals surface area contributed by atoms with Gasteiger partial charge in [-0.2, -0.15) is 11.8 Å². The molecule has 1 aromatic heterocycles. The molecule has 0 aromatic carbocycles. The summed E-state index contributed by atoms with van der Waals surface area (Å²) in [6.45, 7) is 9.09. The van der Waals surface area contributed by atoms with E-state index in [1.807, 2.05) is 11.8 Å². The van der Waals surface area contributed by atoms with E-state index in [9.17, 15) is 0 Å². The minimum absolute atomic E-state index is 0.427. The minimum atomic E-state index is 0.427. The molecule has 0 radical (unpaired) electrons. The Morgan fingerprint density at radius 3 is 3.06 bits per heavy atom. The highest BCUT2D eigenvalue weighted by Gasteiger charge is 2.22. The molecule has 1 N–H and O–H groups in total. The first-order valence-corrected chi connectivity index (χ1v) is 7.66. The first kappa shape index (κ1) is 13.7. The molecule has 2 heterocycles. The van der Waals surface area contributed by atoms with E-state index in [2.05, 4.69) is 41.2 Å². The lowest BCUT2D eigenvalue weighted by Gasteiger charge is -2.30. The van der Waals surface area contributed by atoms with Gasteiger partial charge in [0.2, 0.25) is 5.89 Å². The molecule has 1 saturated heterocycles. The van der Waals surface area contributed by atoms with Gasteiger partial charge in [-0.05, 0) is 6.42 Å². The zero-order valence-electron chi connectivity index (χ0n) is 11.3. The zero-order chi connectivity index (χ0) is 13.0. The van der Waals surface area contributed by atoms with Crippen molar-refractivity contribution >= 4 is 17.8 Å². The fourth-order valence-corrected chi connectivity index (χ4v) is 3.06. The topological polar surface area (TPSA) is 54.2 Å². The second-order valence-corrected chi connectivity index (χ2v) is 6.27. The number of nitrogens with one attached hydrogen (secondary N) is 1. The largest absolute Gasteiger partial charge is 0.407 e. The van der Waals surface area contributed by atoms with Crippen molar-refractivity contribution in [3.63, 3.8) is 0 Å². The Labute approximate surface area is 113 Å². The zero-order valence-corrected chi connectivity index (χ0v) is 12.2. The monoisotopic (exact) mass is 270 g/mol. The summed E-state index contributed by atoms with van der Waals surface area (Å²) in [6, 6.07) is 1.10. The summed E-state index contributed by atoms with van der Waals surface area (Å²) in [6.07, 6.45) is 1.19. The quantitative estimate of drug-likeness (QED) is 0.882. The lowest BCUT2D eigenvalue weighted by atomic mass is 10.3. The Morgan fingerprint density at radius 1 is 1.50 bits per heavy atom. The Bertz CT molecular complexity index is 369. The summed E-state index contributed by atoms with van der Waals surface area (Å²) in [5.41, 5.74) is 0. The van der Waals surface area contributed by atoms with Crippen molar-refractivity contribution in [1.29, 1.82) is 0 Å². The smallest absolute Gasteiger partial charge is 0.318 e. The number of rotatable bonds is 5. The third kappa shape index (κ3) is 3.62. The molecule has 5 nitrogen and oxygen atoms in total. The molecule has 1 atom stereocenters. The van der Waals surface area contributed by atoms with Crippen LogP contribution in [0.3, 0.4) is 0 Å². The van der Waals surface area contributed by atoms with E-state index in [0.29, 0.717) is 29.7 Å². The molecule has 2 rings (SSSR count). The molecule has 0 amide bonds. The fourth-order valence-electron chi connectivity index (χ4n) is 1.88. The molecular formula is C12H22N4OS. The number of hydrogen-bond donors (Lipinski definition) is 1. The van der Waals surface area contributed by atoms with Gasteiger partial charge in [-0.1, -0.05) is 25.9 Å². The van der Waals surface area contributed by atoms with Gasteiger partial charge in [0.15, 0.2) is 0 Å². The third-order valence-corrected chi connectivity index (χ3v) is 4.35. The van der Waals surface area contributed by atoms with E-state index in [-0.39, 0.29) is 0 Å². The van der Waals surface area contributed by atoms with Crippen LogP contribution in [-0.4, -0.2) is 40.3 Å². The van der Waals surface area contributed by atoms with Crippen LogP contribution in [0.4, 0.5) is 6.01 Å². The minimum Gasteiger partial charge on any atom is -0.407 e. The normalized spacial score (nSPS) is 20.7. The van der Waals surface area contributed by atoms with Crippen LogP contribution in [-0.2, 0) is 6.54 Å². The molecule has 6 heteroatoms. The lowest BCUT2D eigenvalue weighted by Crippen LogP contribution is -2.37. The van der Waals surface area contributed by atoms with Crippen molar-refractivity contribution in [1.82, 2.24) is 15.5 Å². The maximum Gasteiger partial charge on any atom is 0.318 e. The molecule has 18 heavy (non-hydrogen) atoms. The highest BCUT2D eigenvalue weighted by molar-refractivity contribution is 8.00. The van der Waals surface area contributed by atoms with Gasteiger partial charge in [-0.3, -0.25) is 0 Å². The van der Waals surface area contributed by atoms with Crippen molar-refractivity contribution in [3.8, 4) is 0 Å². The van der Waals surface area contributed by atoms with Crippen LogP contribution in [0.5, 0.6) is 0 Å². The molecule has 0 saturated carbocycles. The first-order valence-electron chi connectivity index (χ1n) is 6.61. The van der Waals surface area contributed by atoms with Gasteiger partial charge < -0.3 is 14.6 Å². The van der Waals surface area contributed by atoms with Gasteiger partial charge in [0.1, 0.15) is 0 Å². The van der Waals surface area contributed by atoms with Crippen LogP contribution in [0, 0.1) is 0 Å². The average Bonchev–Trinajstić information content (AvgIpc) is 2.85. The second kappa shape index (κ2) is 6.43. The number of thioether (sulfide) groups is 1. The van der Waals surface area contributed by atoms with Gasteiger partial charge in [0.25, 0.3) is 0 Å². The van der Waals surface area contributed by atoms with Gasteiger partial charge >= 0.3 is 6.01 Å². The summed E-state index contributed by atoms with van der Waals surface area (Å²) in [5.74, 6) is 1.81. The van der Waals surface area contributed by atoms with Gasteiger partial charge in [-0.25, -0.2) is 0 Å². The van der Waals surface area contributed by atoms with E-state index < -0.39 is 0 Å². The van der Waals surface area contributed by atoms with E-state index >= 15 is 0 Å². The van der Waals surface area contributed by atoms with Crippen LogP contribution < -0.4 is 10.2 Å². The molecule has 1 aromatic rings. The van der Waals surface area contributed by atoms with Crippen LogP contribution in [0.15, 0.2) is 4.42 Å². The average molecular weight is 270 g/mol. The molecule has 1 aliphatic rings. The van der Waals surface area contributed by atoms with E-state index in [1.165, 1.54) is 6.42 Å². The maximum atomic E-state index is 5.70. The second-order valence-electron chi connectivity index (χ2n) is 4.86. The van der Waals surface area contributed by atoms with Gasteiger partial charge in [0, 0.05) is 30.1 Å². The van der Waals surface area contributed by atoms with Crippen LogP contribution in [0.25, 0.3) is 0 Å². The predicted octanol–water partition coefficient (Wildman–Crippen LogP) is 1.90. The molecule has 0 bridgehead atoms. The summed E-state index contributed by atoms with van der Waals surface area (Å²) in [7, 11) is 0. The van der Waals surface area contributed by atoms with Crippen LogP contribution in [0.1, 0.15) is 33.1 Å². The third-order valence-electron chi connectivity index (χ3n) is 2.98. The summed E-state index contributed by atoms with van der Waals surface area (Å²) in [5, 5.41) is 12.2. The Morgan fingerprint density at radius 2 is 2.33 bits per heavy atom. The lowest BCUT2D eigenvalue weighted by molar-refractivity contribution is 0.445. The van der Waals surface area contributed by atoms with Gasteiger partial charge in [0.05, 0.1) is 6.54 Å². The molecule has 1 unspecified atom stereocenters. The fraction of sp³-hybridized carbons (Fsp3) is 0.833. The Hall–Kier alpha value is -0.750. The van der Waals surface area contributed by atoms with E-state index in [1.54, 1.807) is 0 Å². The summed E-state index contributed by atoms with van der Waals surface area (Å²) >= 11 is 2.04. The Balaban J connectivity index is 1.92. The van der Waals surface area contributed by atoms with Crippen molar-refractivity contribution in [2.75, 3.05) is 23.7 Å². The standard InChI is InChI=1S/C12H22N4OS/c1-4-10-8-16(5-6-18-10)12-15-14-11(17-12)7-13-9(2)3/h9-10,13H,4-8H2,1-3H3. The van der Waals surface area contributed by atoms with Crippen molar-refractivity contribution in [3.05, 3.63) is 5.89 Å². The van der Waals surface area contributed by atoms with Crippen molar-refractivity contribution in [2.24, 2.45) is 0 Å². The highest BCUT2D eigenvalue weighted by Crippen LogP contribution is 2.24. The maximum absolute atomic E-state index is 5.70. The van der Waals surface area contributed by atoms with Gasteiger partial charge in [-0.15, -0.1) is 5.10 Å². The molecular weight excluding hydrogens is 248 g/mol. The molecule has 1 aliphatic heterocycles. The predicted molar refractivity (Wildman–Crippen MR) is 75.0 cm³/mol. The SMILES string of the molecule is CCC1CN(c2nnc(CNC(C)C)o2)CCS1. The number of anilines is 1. The van der Waals surface area contributed by atoms with E-state index in [0.717, 1.165) is 18.8 Å². The van der Waals surface area contributed by atoms with Crippen molar-refractivity contribution < 1.29 is 4.42 Å². The molecule has 102 valence electrons. The summed E-state index contributed by atoms with van der Waals surface area (Å²) in [4.78, 5) is 2.20. The van der Waals surface area contributed by atoms with E-state index in [4.69, 9.17) is 4.42 Å². The molecule has 0 spiro atoms. The number of aromatic nitrogens is 2. The van der Waals surface area contributed by atoms with Crippen LogP contribution in [0.2, 0.25) is 0 Å². The number of hydrogen-bond acceptors (Lipinski definition) is 6.